The van der Waals surface area contributed by atoms with Gasteiger partial charge in [-0.25, -0.2) is 0 Å². The fraction of sp³-hybridized carbons (Fsp3) is 0.500. The molecular weight excluding hydrogens is 474 g/mol. The Labute approximate surface area is 217 Å². The molecule has 1 saturated carbocycles. The van der Waals surface area contributed by atoms with E-state index in [4.69, 9.17) is 14.2 Å². The second-order valence-corrected chi connectivity index (χ2v) is 10.5. The second kappa shape index (κ2) is 10.6. The Morgan fingerprint density at radius 1 is 1.16 bits per heavy atom. The van der Waals surface area contributed by atoms with Gasteiger partial charge in [-0.2, -0.15) is 0 Å². The average molecular weight is 510 g/mol. The van der Waals surface area contributed by atoms with Crippen LogP contribution < -0.4 is 19.5 Å². The summed E-state index contributed by atoms with van der Waals surface area (Å²) in [6.45, 7) is 5.78. The van der Waals surface area contributed by atoms with Crippen LogP contribution >= 0.6 is 0 Å². The van der Waals surface area contributed by atoms with Crippen LogP contribution in [0, 0.1) is 11.8 Å². The molecule has 0 bridgehead atoms. The summed E-state index contributed by atoms with van der Waals surface area (Å²) in [4.78, 5) is 29.8. The molecule has 1 fully saturated rings. The number of amides is 2. The molecule has 0 spiro atoms. The fourth-order valence-corrected chi connectivity index (χ4v) is 4.83. The van der Waals surface area contributed by atoms with Crippen molar-refractivity contribution in [1.29, 1.82) is 0 Å². The molecular formula is C28H35N3O6. The van der Waals surface area contributed by atoms with Gasteiger partial charge in [-0.1, -0.05) is 13.0 Å². The van der Waals surface area contributed by atoms with Gasteiger partial charge in [0, 0.05) is 37.2 Å². The highest BCUT2D eigenvalue weighted by atomic mass is 16.7. The second-order valence-electron chi connectivity index (χ2n) is 10.5. The molecule has 0 aromatic heterocycles. The molecule has 1 aliphatic carbocycles. The van der Waals surface area contributed by atoms with Crippen molar-refractivity contribution in [2.45, 2.75) is 45.4 Å². The summed E-state index contributed by atoms with van der Waals surface area (Å²) in [5.74, 6) is 1.85. The maximum atomic E-state index is 13.6. The first-order valence-corrected chi connectivity index (χ1v) is 12.9. The zero-order valence-corrected chi connectivity index (χ0v) is 21.6. The van der Waals surface area contributed by atoms with Crippen molar-refractivity contribution >= 4 is 17.5 Å². The lowest BCUT2D eigenvalue weighted by atomic mass is 9.99. The summed E-state index contributed by atoms with van der Waals surface area (Å²) >= 11 is 0. The Bertz CT molecular complexity index is 1170. The number of nitrogens with zero attached hydrogens (tertiary/aromatic N) is 2. The van der Waals surface area contributed by atoms with E-state index in [1.165, 1.54) is 0 Å². The third-order valence-corrected chi connectivity index (χ3v) is 7.26. The Kier molecular flexibility index (Phi) is 7.26. The van der Waals surface area contributed by atoms with E-state index in [1.54, 1.807) is 23.1 Å². The highest BCUT2D eigenvalue weighted by molar-refractivity contribution is 6.00. The SMILES string of the molecule is C[C@@H]1CN([C@H](C)CO)C(=O)c2cc(NC(=O)C3CC3)ccc2O[C@@H]1CN(C)Cc1ccc2c(c1)OCO2. The van der Waals surface area contributed by atoms with Gasteiger partial charge in [0.1, 0.15) is 11.9 Å². The van der Waals surface area contributed by atoms with Gasteiger partial charge in [-0.05, 0) is 62.7 Å². The van der Waals surface area contributed by atoms with E-state index in [2.05, 4.69) is 17.1 Å². The van der Waals surface area contributed by atoms with Crippen molar-refractivity contribution in [2.24, 2.45) is 11.8 Å². The molecule has 2 amide bonds. The molecule has 3 aliphatic rings. The molecule has 9 nitrogen and oxygen atoms in total. The Morgan fingerprint density at radius 3 is 2.68 bits per heavy atom. The summed E-state index contributed by atoms with van der Waals surface area (Å²) in [5, 5.41) is 12.8. The molecule has 198 valence electrons. The lowest BCUT2D eigenvalue weighted by Crippen LogP contribution is -2.49. The van der Waals surface area contributed by atoms with E-state index < -0.39 is 0 Å². The lowest BCUT2D eigenvalue weighted by Gasteiger charge is -2.38. The minimum absolute atomic E-state index is 0.0135. The number of aliphatic hydroxyl groups excluding tert-OH is 1. The van der Waals surface area contributed by atoms with E-state index in [-0.39, 0.29) is 49.2 Å². The third-order valence-electron chi connectivity index (χ3n) is 7.26. The van der Waals surface area contributed by atoms with E-state index in [0.29, 0.717) is 36.6 Å². The van der Waals surface area contributed by atoms with Gasteiger partial charge in [0.2, 0.25) is 12.7 Å². The minimum Gasteiger partial charge on any atom is -0.488 e. The van der Waals surface area contributed by atoms with Crippen LogP contribution in [0.2, 0.25) is 0 Å². The predicted octanol–water partition coefficient (Wildman–Crippen LogP) is 3.12. The number of hydrogen-bond acceptors (Lipinski definition) is 7. The fourth-order valence-electron chi connectivity index (χ4n) is 4.83. The number of carbonyl (C=O) groups is 2. The number of aliphatic hydroxyl groups is 1. The Balaban J connectivity index is 1.36. The Morgan fingerprint density at radius 2 is 1.92 bits per heavy atom. The van der Waals surface area contributed by atoms with Gasteiger partial charge < -0.3 is 29.5 Å². The first-order valence-electron chi connectivity index (χ1n) is 12.9. The molecule has 0 unspecified atom stereocenters. The number of benzene rings is 2. The average Bonchev–Trinajstić information content (AvgIpc) is 3.64. The van der Waals surface area contributed by atoms with Crippen LogP contribution in [0.4, 0.5) is 5.69 Å². The molecule has 2 aromatic rings. The van der Waals surface area contributed by atoms with Crippen molar-refractivity contribution in [2.75, 3.05) is 38.9 Å². The molecule has 5 rings (SSSR count). The van der Waals surface area contributed by atoms with Gasteiger partial charge in [-0.3, -0.25) is 14.5 Å². The van der Waals surface area contributed by atoms with E-state index in [1.807, 2.05) is 32.2 Å². The van der Waals surface area contributed by atoms with Crippen molar-refractivity contribution < 1.29 is 28.9 Å². The number of carbonyl (C=O) groups excluding carboxylic acids is 2. The van der Waals surface area contributed by atoms with Crippen LogP contribution in [-0.4, -0.2) is 72.4 Å². The number of rotatable bonds is 8. The number of fused-ring (bicyclic) bond motifs is 2. The number of anilines is 1. The van der Waals surface area contributed by atoms with Crippen LogP contribution in [-0.2, 0) is 11.3 Å². The zero-order chi connectivity index (χ0) is 26.1. The quantitative estimate of drug-likeness (QED) is 0.564. The highest BCUT2D eigenvalue weighted by Crippen LogP contribution is 2.34. The summed E-state index contributed by atoms with van der Waals surface area (Å²) in [6.07, 6.45) is 1.60. The Hall–Kier alpha value is -3.30. The van der Waals surface area contributed by atoms with Gasteiger partial charge in [0.25, 0.3) is 5.91 Å². The normalized spacial score (nSPS) is 21.6. The monoisotopic (exact) mass is 509 g/mol. The molecule has 9 heteroatoms. The van der Waals surface area contributed by atoms with Gasteiger partial charge in [0.15, 0.2) is 11.5 Å². The van der Waals surface area contributed by atoms with Crippen LogP contribution in [0.25, 0.3) is 0 Å². The number of hydrogen-bond donors (Lipinski definition) is 2. The van der Waals surface area contributed by atoms with Crippen LogP contribution in [0.15, 0.2) is 36.4 Å². The third kappa shape index (κ3) is 5.67. The molecule has 0 saturated heterocycles. The molecule has 2 heterocycles. The molecule has 2 aromatic carbocycles. The van der Waals surface area contributed by atoms with Gasteiger partial charge in [0.05, 0.1) is 18.2 Å². The largest absolute Gasteiger partial charge is 0.488 e. The molecule has 37 heavy (non-hydrogen) atoms. The number of nitrogens with one attached hydrogen (secondary N) is 1. The van der Waals surface area contributed by atoms with Crippen molar-refractivity contribution in [3.8, 4) is 17.2 Å². The number of ether oxygens (including phenoxy) is 3. The van der Waals surface area contributed by atoms with Gasteiger partial charge in [-0.15, -0.1) is 0 Å². The smallest absolute Gasteiger partial charge is 0.258 e. The maximum Gasteiger partial charge on any atom is 0.258 e. The van der Waals surface area contributed by atoms with Crippen LogP contribution in [0.1, 0.15) is 42.6 Å². The van der Waals surface area contributed by atoms with E-state index >= 15 is 0 Å². The van der Waals surface area contributed by atoms with Crippen molar-refractivity contribution in [3.05, 3.63) is 47.5 Å². The molecule has 2 N–H and O–H groups in total. The predicted molar refractivity (Wildman–Crippen MR) is 138 cm³/mol. The van der Waals surface area contributed by atoms with Crippen LogP contribution in [0.5, 0.6) is 17.2 Å². The van der Waals surface area contributed by atoms with E-state index in [9.17, 15) is 14.7 Å². The standard InChI is InChI=1S/C28H35N3O6/c1-17-12-31(18(2)15-32)28(34)22-11-21(29-27(33)20-5-6-20)7-9-23(22)37-26(17)14-30(3)13-19-4-8-24-25(10-19)36-16-35-24/h4,7-11,17-18,20,26,32H,5-6,12-16H2,1-3H3,(H,29,33)/t17-,18-,26-/m1/s1. The van der Waals surface area contributed by atoms with E-state index in [0.717, 1.165) is 29.9 Å². The summed E-state index contributed by atoms with van der Waals surface area (Å²) < 4.78 is 17.4. The van der Waals surface area contributed by atoms with Crippen molar-refractivity contribution in [3.63, 3.8) is 0 Å². The maximum absolute atomic E-state index is 13.6. The number of likely N-dealkylation sites (N-methyl/N-ethyl adjacent to an activating group) is 1. The van der Waals surface area contributed by atoms with Gasteiger partial charge >= 0.3 is 0 Å². The summed E-state index contributed by atoms with van der Waals surface area (Å²) in [7, 11) is 2.04. The summed E-state index contributed by atoms with van der Waals surface area (Å²) in [5.41, 5.74) is 2.07. The minimum atomic E-state index is -0.349. The molecule has 3 atom stereocenters. The first kappa shape index (κ1) is 25.4. The summed E-state index contributed by atoms with van der Waals surface area (Å²) in [6, 6.07) is 10.8. The first-order chi connectivity index (χ1) is 17.8. The van der Waals surface area contributed by atoms with Crippen molar-refractivity contribution in [1.82, 2.24) is 9.80 Å². The molecule has 2 aliphatic heterocycles. The zero-order valence-electron chi connectivity index (χ0n) is 21.6. The lowest BCUT2D eigenvalue weighted by molar-refractivity contribution is -0.117. The van der Waals surface area contributed by atoms with Crippen LogP contribution in [0.3, 0.4) is 0 Å². The topological polar surface area (TPSA) is 101 Å². The molecule has 0 radical (unpaired) electrons. The highest BCUT2D eigenvalue weighted by Gasteiger charge is 2.34.